The van der Waals surface area contributed by atoms with Crippen molar-refractivity contribution in [3.05, 3.63) is 17.0 Å². The van der Waals surface area contributed by atoms with Gasteiger partial charge in [-0.1, -0.05) is 0 Å². The van der Waals surface area contributed by atoms with E-state index in [-0.39, 0.29) is 29.6 Å². The Kier molecular flexibility index (Phi) is 5.47. The van der Waals surface area contributed by atoms with Gasteiger partial charge in [0.15, 0.2) is 0 Å². The third kappa shape index (κ3) is 3.45. The van der Waals surface area contributed by atoms with Crippen molar-refractivity contribution in [2.24, 2.45) is 0 Å². The average Bonchev–Trinajstić information content (AvgIpc) is 2.86. The molecular formula is C11H15N2NaO2S. The number of carboxylic acid groups (broad SMARTS) is 1. The maximum absolute atomic E-state index is 10.7. The normalized spacial score (nSPS) is 19.5. The molecule has 1 aliphatic heterocycles. The monoisotopic (exact) mass is 262 g/mol. The van der Waals surface area contributed by atoms with E-state index >= 15 is 0 Å². The van der Waals surface area contributed by atoms with Crippen molar-refractivity contribution in [1.82, 2.24) is 4.90 Å². The topological polar surface area (TPSA) is 46.6 Å². The van der Waals surface area contributed by atoms with Crippen LogP contribution in [-0.2, 0) is 0 Å². The smallest absolute Gasteiger partial charge is 0.544 e. The molecule has 0 N–H and O–H groups in total. The van der Waals surface area contributed by atoms with Crippen molar-refractivity contribution in [3.63, 3.8) is 0 Å². The first-order valence-electron chi connectivity index (χ1n) is 5.30. The number of thiophene rings is 1. The summed E-state index contributed by atoms with van der Waals surface area (Å²) in [6.45, 7) is 1.97. The van der Waals surface area contributed by atoms with Crippen LogP contribution in [0.4, 0.5) is 5.00 Å². The number of likely N-dealkylation sites (N-methyl/N-ethyl adjacent to an activating group) is 1. The van der Waals surface area contributed by atoms with Gasteiger partial charge in [0.25, 0.3) is 0 Å². The molecule has 6 heteroatoms. The number of nitrogens with zero attached hydrogens (tertiary/aromatic N) is 2. The van der Waals surface area contributed by atoms with Gasteiger partial charge in [0.1, 0.15) is 0 Å². The molecule has 88 valence electrons. The van der Waals surface area contributed by atoms with E-state index in [9.17, 15) is 9.90 Å². The molecule has 1 fully saturated rings. The predicted molar refractivity (Wildman–Crippen MR) is 63.0 cm³/mol. The van der Waals surface area contributed by atoms with E-state index in [1.165, 1.54) is 11.3 Å². The maximum Gasteiger partial charge on any atom is 1.00 e. The number of hydrogen-bond acceptors (Lipinski definition) is 5. The summed E-state index contributed by atoms with van der Waals surface area (Å²) in [6.07, 6.45) is 1.13. The maximum atomic E-state index is 10.7. The van der Waals surface area contributed by atoms with Crippen molar-refractivity contribution in [2.45, 2.75) is 12.5 Å². The summed E-state index contributed by atoms with van der Waals surface area (Å²) < 4.78 is 0. The van der Waals surface area contributed by atoms with Gasteiger partial charge in [0.2, 0.25) is 0 Å². The minimum atomic E-state index is -1.08. The molecule has 0 aromatic carbocycles. The van der Waals surface area contributed by atoms with E-state index in [0.717, 1.165) is 24.5 Å². The molecule has 1 aliphatic rings. The number of rotatable bonds is 3. The number of carbonyl (C=O) groups excluding carboxylic acids is 1. The molecule has 1 unspecified atom stereocenters. The van der Waals surface area contributed by atoms with Crippen molar-refractivity contribution in [2.75, 3.05) is 32.1 Å². The largest absolute Gasteiger partial charge is 1.00 e. The van der Waals surface area contributed by atoms with Gasteiger partial charge in [-0.15, -0.1) is 11.3 Å². The van der Waals surface area contributed by atoms with Crippen LogP contribution in [0.15, 0.2) is 12.1 Å². The molecule has 1 aromatic heterocycles. The quantitative estimate of drug-likeness (QED) is 0.554. The van der Waals surface area contributed by atoms with Crippen LogP contribution in [0.25, 0.3) is 0 Å². The second kappa shape index (κ2) is 6.20. The van der Waals surface area contributed by atoms with E-state index in [2.05, 4.69) is 23.9 Å². The van der Waals surface area contributed by atoms with Crippen LogP contribution in [0.3, 0.4) is 0 Å². The van der Waals surface area contributed by atoms with Crippen LogP contribution >= 0.6 is 11.3 Å². The molecule has 0 saturated carbocycles. The summed E-state index contributed by atoms with van der Waals surface area (Å²) in [6, 6.07) is 4.06. The first kappa shape index (κ1) is 15.0. The minimum absolute atomic E-state index is 0. The van der Waals surface area contributed by atoms with Gasteiger partial charge in [0.05, 0.1) is 15.8 Å². The van der Waals surface area contributed by atoms with E-state index in [1.54, 1.807) is 6.07 Å². The van der Waals surface area contributed by atoms with E-state index in [4.69, 9.17) is 0 Å². The molecule has 0 aliphatic carbocycles. The predicted octanol–water partition coefficient (Wildman–Crippen LogP) is -2.74. The zero-order valence-electron chi connectivity index (χ0n) is 10.5. The van der Waals surface area contributed by atoms with Gasteiger partial charge in [-0.05, 0) is 32.6 Å². The van der Waals surface area contributed by atoms with Crippen LogP contribution < -0.4 is 39.6 Å². The zero-order chi connectivity index (χ0) is 11.7. The van der Waals surface area contributed by atoms with Crippen molar-refractivity contribution < 1.29 is 39.5 Å². The van der Waals surface area contributed by atoms with Crippen LogP contribution in [-0.4, -0.2) is 44.1 Å². The van der Waals surface area contributed by atoms with E-state index < -0.39 is 5.97 Å². The summed E-state index contributed by atoms with van der Waals surface area (Å²) in [5.74, 6) is -1.08. The fraction of sp³-hybridized carbons (Fsp3) is 0.545. The standard InChI is InChI=1S/C11H16N2O2S.Na/c1-12(2)8-5-6-13(7-8)10-4-3-9(16-10)11(14)15;/h3-4,8H,5-7H2,1-2H3,(H,14,15);/q;+1/p-1. The molecule has 1 atom stereocenters. The van der Waals surface area contributed by atoms with Crippen LogP contribution in [0, 0.1) is 0 Å². The zero-order valence-corrected chi connectivity index (χ0v) is 13.3. The Balaban J connectivity index is 0.00000144. The Morgan fingerprint density at radius 2 is 2.24 bits per heavy atom. The summed E-state index contributed by atoms with van der Waals surface area (Å²) in [4.78, 5) is 15.4. The summed E-state index contributed by atoms with van der Waals surface area (Å²) in [7, 11) is 4.16. The average molecular weight is 262 g/mol. The Labute approximate surface area is 128 Å². The van der Waals surface area contributed by atoms with Gasteiger partial charge in [-0.3, -0.25) is 0 Å². The molecule has 0 amide bonds. The molecule has 1 aromatic rings. The Morgan fingerprint density at radius 1 is 1.53 bits per heavy atom. The minimum Gasteiger partial charge on any atom is -0.544 e. The molecule has 4 nitrogen and oxygen atoms in total. The summed E-state index contributed by atoms with van der Waals surface area (Å²) >= 11 is 1.30. The van der Waals surface area contributed by atoms with Gasteiger partial charge < -0.3 is 19.7 Å². The fourth-order valence-electron chi connectivity index (χ4n) is 1.97. The number of aromatic carboxylic acids is 1. The number of carboxylic acids is 1. The molecule has 17 heavy (non-hydrogen) atoms. The molecule has 0 bridgehead atoms. The van der Waals surface area contributed by atoms with Gasteiger partial charge in [-0.2, -0.15) is 0 Å². The Bertz CT molecular complexity index is 395. The SMILES string of the molecule is CN(C)C1CCN(c2ccc(C(=O)[O-])s2)C1.[Na+]. The van der Waals surface area contributed by atoms with E-state index in [1.807, 2.05) is 6.07 Å². The first-order valence-corrected chi connectivity index (χ1v) is 6.12. The summed E-state index contributed by atoms with van der Waals surface area (Å²) in [5, 5.41) is 11.7. The molecular weight excluding hydrogens is 247 g/mol. The third-order valence-corrected chi connectivity index (χ3v) is 4.12. The second-order valence-electron chi connectivity index (χ2n) is 4.28. The van der Waals surface area contributed by atoms with Crippen LogP contribution in [0.1, 0.15) is 16.1 Å². The van der Waals surface area contributed by atoms with Crippen molar-refractivity contribution in [1.29, 1.82) is 0 Å². The summed E-state index contributed by atoms with van der Waals surface area (Å²) in [5.41, 5.74) is 0. The third-order valence-electron chi connectivity index (χ3n) is 3.00. The Morgan fingerprint density at radius 3 is 2.71 bits per heavy atom. The van der Waals surface area contributed by atoms with Crippen LogP contribution in [0.2, 0.25) is 0 Å². The van der Waals surface area contributed by atoms with Gasteiger partial charge in [-0.25, -0.2) is 0 Å². The molecule has 2 rings (SSSR count). The Hall–Kier alpha value is -0.0700. The number of hydrogen-bond donors (Lipinski definition) is 0. The van der Waals surface area contributed by atoms with Gasteiger partial charge >= 0.3 is 29.6 Å². The molecule has 2 heterocycles. The number of carbonyl (C=O) groups is 1. The molecule has 0 radical (unpaired) electrons. The van der Waals surface area contributed by atoms with Crippen molar-refractivity contribution in [3.8, 4) is 0 Å². The van der Waals surface area contributed by atoms with E-state index in [0.29, 0.717) is 10.9 Å². The van der Waals surface area contributed by atoms with Gasteiger partial charge in [0, 0.05) is 19.1 Å². The second-order valence-corrected chi connectivity index (χ2v) is 5.34. The number of anilines is 1. The van der Waals surface area contributed by atoms with Crippen molar-refractivity contribution >= 4 is 22.3 Å². The fourth-order valence-corrected chi connectivity index (χ4v) is 2.85. The van der Waals surface area contributed by atoms with Crippen LogP contribution in [0.5, 0.6) is 0 Å². The molecule has 0 spiro atoms. The molecule has 1 saturated heterocycles. The first-order chi connectivity index (χ1) is 7.58.